The lowest BCUT2D eigenvalue weighted by Gasteiger charge is -2.31. The molecule has 0 bridgehead atoms. The maximum atomic E-state index is 12.4. The number of benzene rings is 2. The van der Waals surface area contributed by atoms with Crippen LogP contribution in [0.15, 0.2) is 58.8 Å². The van der Waals surface area contributed by atoms with Gasteiger partial charge in [0.25, 0.3) is 10.0 Å². The van der Waals surface area contributed by atoms with Crippen molar-refractivity contribution in [2.75, 3.05) is 10.0 Å². The number of aromatic nitrogens is 1. The van der Waals surface area contributed by atoms with Crippen LogP contribution < -0.4 is 14.8 Å². The molecule has 2 aromatic carbocycles. The largest absolute Gasteiger partial charge is 0.487 e. The highest BCUT2D eigenvalue weighted by atomic mass is 32.2. The lowest BCUT2D eigenvalue weighted by atomic mass is 9.93. The highest BCUT2D eigenvalue weighted by molar-refractivity contribution is 7.93. The van der Waals surface area contributed by atoms with Gasteiger partial charge in [0.1, 0.15) is 11.4 Å². The second-order valence-corrected chi connectivity index (χ2v) is 10.5. The molecule has 166 valence electrons. The number of ether oxygens (including phenoxy) is 1. The van der Waals surface area contributed by atoms with Gasteiger partial charge in [-0.2, -0.15) is 0 Å². The Hall–Kier alpha value is -3.24. The van der Waals surface area contributed by atoms with Crippen molar-refractivity contribution in [3.63, 3.8) is 0 Å². The van der Waals surface area contributed by atoms with E-state index in [1.807, 2.05) is 13.8 Å². The first-order chi connectivity index (χ1) is 15.1. The fourth-order valence-electron chi connectivity index (χ4n) is 3.31. The Kier molecular flexibility index (Phi) is 5.74. The Morgan fingerprint density at radius 2 is 1.94 bits per heavy atom. The third-order valence-corrected chi connectivity index (χ3v) is 7.00. The first-order valence-electron chi connectivity index (χ1n) is 9.80. The highest BCUT2D eigenvalue weighted by Crippen LogP contribution is 2.34. The number of carbonyl (C=O) groups excluding carboxylic acids is 2. The minimum Gasteiger partial charge on any atom is -0.487 e. The van der Waals surface area contributed by atoms with Crippen LogP contribution in [0.25, 0.3) is 0 Å². The van der Waals surface area contributed by atoms with E-state index in [9.17, 15) is 18.0 Å². The molecule has 0 unspecified atom stereocenters. The SMILES string of the molecule is CC1(C)CC(=O)c2cc(NC(=O)Cc3csc(NS(=O)(=O)c4ccccc4)n3)ccc2O1. The van der Waals surface area contributed by atoms with Crippen molar-refractivity contribution < 1.29 is 22.7 Å². The molecule has 0 saturated carbocycles. The van der Waals surface area contributed by atoms with Gasteiger partial charge in [0.15, 0.2) is 10.9 Å². The van der Waals surface area contributed by atoms with Crippen molar-refractivity contribution in [3.8, 4) is 5.75 Å². The van der Waals surface area contributed by atoms with E-state index < -0.39 is 15.6 Å². The molecular formula is C22H21N3O5S2. The molecule has 10 heteroatoms. The van der Waals surface area contributed by atoms with Crippen molar-refractivity contribution in [2.24, 2.45) is 0 Å². The number of fused-ring (bicyclic) bond motifs is 1. The topological polar surface area (TPSA) is 114 Å². The molecule has 1 aliphatic rings. The number of nitrogens with one attached hydrogen (secondary N) is 2. The Balaban J connectivity index is 1.40. The Morgan fingerprint density at radius 3 is 2.69 bits per heavy atom. The molecule has 8 nitrogen and oxygen atoms in total. The van der Waals surface area contributed by atoms with E-state index in [-0.39, 0.29) is 34.6 Å². The van der Waals surface area contributed by atoms with Crippen molar-refractivity contribution in [1.29, 1.82) is 0 Å². The fourth-order valence-corrected chi connectivity index (χ4v) is 5.29. The molecule has 0 aliphatic carbocycles. The average molecular weight is 472 g/mol. The van der Waals surface area contributed by atoms with Gasteiger partial charge < -0.3 is 10.1 Å². The van der Waals surface area contributed by atoms with E-state index in [2.05, 4.69) is 15.0 Å². The number of Topliss-reactive ketones (excluding diaryl/α,β-unsaturated/α-hetero) is 1. The molecular weight excluding hydrogens is 450 g/mol. The van der Waals surface area contributed by atoms with Gasteiger partial charge in [0.2, 0.25) is 5.91 Å². The highest BCUT2D eigenvalue weighted by Gasteiger charge is 2.32. The summed E-state index contributed by atoms with van der Waals surface area (Å²) in [6.07, 6.45) is 0.218. The second-order valence-electron chi connectivity index (χ2n) is 7.96. The molecule has 0 fully saturated rings. The molecule has 3 aromatic rings. The first-order valence-corrected chi connectivity index (χ1v) is 12.2. The minimum atomic E-state index is -3.75. The van der Waals surface area contributed by atoms with Crippen LogP contribution >= 0.6 is 11.3 Å². The summed E-state index contributed by atoms with van der Waals surface area (Å²) in [6.45, 7) is 3.71. The van der Waals surface area contributed by atoms with Crippen LogP contribution in [0.3, 0.4) is 0 Å². The van der Waals surface area contributed by atoms with Gasteiger partial charge in [0.05, 0.1) is 29.0 Å². The number of amides is 1. The summed E-state index contributed by atoms with van der Waals surface area (Å²) in [7, 11) is -3.75. The average Bonchev–Trinajstić information content (AvgIpc) is 3.14. The van der Waals surface area contributed by atoms with Crippen LogP contribution in [0, 0.1) is 0 Å². The van der Waals surface area contributed by atoms with E-state index >= 15 is 0 Å². The molecule has 4 rings (SSSR count). The summed E-state index contributed by atoms with van der Waals surface area (Å²) < 4.78 is 33.0. The van der Waals surface area contributed by atoms with Gasteiger partial charge in [-0.15, -0.1) is 11.3 Å². The zero-order chi connectivity index (χ0) is 22.9. The molecule has 0 atom stereocenters. The number of anilines is 2. The van der Waals surface area contributed by atoms with Crippen LogP contribution in [-0.4, -0.2) is 30.7 Å². The van der Waals surface area contributed by atoms with Crippen LogP contribution in [0.1, 0.15) is 36.3 Å². The number of rotatable bonds is 6. The molecule has 0 radical (unpaired) electrons. The van der Waals surface area contributed by atoms with Crippen molar-refractivity contribution in [3.05, 3.63) is 65.2 Å². The normalized spacial score (nSPS) is 14.9. The fraction of sp³-hybridized carbons (Fsp3) is 0.227. The maximum absolute atomic E-state index is 12.4. The van der Waals surface area contributed by atoms with Crippen molar-refractivity contribution in [1.82, 2.24) is 4.98 Å². The zero-order valence-corrected chi connectivity index (χ0v) is 19.0. The Bertz CT molecular complexity index is 1280. The van der Waals surface area contributed by atoms with E-state index in [1.54, 1.807) is 41.8 Å². The lowest BCUT2D eigenvalue weighted by molar-refractivity contribution is -0.115. The summed E-state index contributed by atoms with van der Waals surface area (Å²) in [6, 6.07) is 12.9. The number of nitrogens with zero attached hydrogens (tertiary/aromatic N) is 1. The summed E-state index contributed by atoms with van der Waals surface area (Å²) in [5, 5.41) is 4.54. The van der Waals surface area contributed by atoms with Crippen LogP contribution in [-0.2, 0) is 21.2 Å². The van der Waals surface area contributed by atoms with Gasteiger partial charge >= 0.3 is 0 Å². The second kappa shape index (κ2) is 8.36. The number of hydrogen-bond acceptors (Lipinski definition) is 7. The third kappa shape index (κ3) is 4.97. The molecule has 0 saturated heterocycles. The van der Waals surface area contributed by atoms with Crippen LogP contribution in [0.4, 0.5) is 10.8 Å². The monoisotopic (exact) mass is 471 g/mol. The lowest BCUT2D eigenvalue weighted by Crippen LogP contribution is -2.35. The number of sulfonamides is 1. The molecule has 2 heterocycles. The van der Waals surface area contributed by atoms with E-state index in [0.717, 1.165) is 11.3 Å². The van der Waals surface area contributed by atoms with Crippen LogP contribution in [0.5, 0.6) is 5.75 Å². The zero-order valence-electron chi connectivity index (χ0n) is 17.4. The molecule has 32 heavy (non-hydrogen) atoms. The van der Waals surface area contributed by atoms with Gasteiger partial charge in [-0.25, -0.2) is 13.4 Å². The number of hydrogen-bond donors (Lipinski definition) is 2. The van der Waals surface area contributed by atoms with Gasteiger partial charge in [0, 0.05) is 11.1 Å². The number of thiazole rings is 1. The summed E-state index contributed by atoms with van der Waals surface area (Å²) in [5.41, 5.74) is 0.788. The molecule has 1 amide bonds. The van der Waals surface area contributed by atoms with Gasteiger partial charge in [-0.3, -0.25) is 14.3 Å². The summed E-state index contributed by atoms with van der Waals surface area (Å²) in [4.78, 5) is 29.2. The molecule has 0 spiro atoms. The molecule has 2 N–H and O–H groups in total. The van der Waals surface area contributed by atoms with Crippen LogP contribution in [0.2, 0.25) is 0 Å². The number of ketones is 1. The number of carbonyl (C=O) groups is 2. The van der Waals surface area contributed by atoms with Gasteiger partial charge in [-0.1, -0.05) is 18.2 Å². The van der Waals surface area contributed by atoms with Crippen molar-refractivity contribution >= 4 is 43.9 Å². The predicted molar refractivity (Wildman–Crippen MR) is 122 cm³/mol. The summed E-state index contributed by atoms with van der Waals surface area (Å²) >= 11 is 1.10. The van der Waals surface area contributed by atoms with E-state index in [0.29, 0.717) is 22.7 Å². The quantitative estimate of drug-likeness (QED) is 0.564. The molecule has 1 aliphatic heterocycles. The smallest absolute Gasteiger partial charge is 0.263 e. The third-order valence-electron chi connectivity index (χ3n) is 4.70. The standard InChI is InChI=1S/C22H21N3O5S2/c1-22(2)12-18(26)17-10-14(8-9-19(17)30-22)23-20(27)11-15-13-31-21(24-15)25-32(28,29)16-6-4-3-5-7-16/h3-10,13H,11-12H2,1-2H3,(H,23,27)(H,24,25). The summed E-state index contributed by atoms with van der Waals surface area (Å²) in [5.74, 6) is 0.124. The Morgan fingerprint density at radius 1 is 1.19 bits per heavy atom. The van der Waals surface area contributed by atoms with Crippen molar-refractivity contribution in [2.45, 2.75) is 37.2 Å². The first kappa shape index (κ1) is 22.0. The van der Waals surface area contributed by atoms with E-state index in [4.69, 9.17) is 4.74 Å². The Labute approximate surface area is 189 Å². The minimum absolute atomic E-state index is 0.0396. The predicted octanol–water partition coefficient (Wildman–Crippen LogP) is 3.87. The van der Waals surface area contributed by atoms with Gasteiger partial charge in [-0.05, 0) is 44.2 Å². The van der Waals surface area contributed by atoms with E-state index in [1.165, 1.54) is 12.1 Å². The maximum Gasteiger partial charge on any atom is 0.263 e. The molecule has 1 aromatic heterocycles.